The standard InChI is InChI=1S/C15H25N5OS2.HI/c1-11-12(22-10-19-11)13(21)17-5-6-18-14(16-4)20-7-8-23-15(2,3)9-20;/h10H,5-9H2,1-4H3,(H,16,18)(H,17,21);1H. The van der Waals surface area contributed by atoms with Gasteiger partial charge >= 0.3 is 0 Å². The number of hydrogen-bond donors (Lipinski definition) is 2. The van der Waals surface area contributed by atoms with E-state index in [-0.39, 0.29) is 34.6 Å². The second kappa shape index (κ2) is 9.81. The van der Waals surface area contributed by atoms with Gasteiger partial charge in [0.25, 0.3) is 5.91 Å². The summed E-state index contributed by atoms with van der Waals surface area (Å²) < 4.78 is 0.244. The molecule has 2 rings (SSSR count). The van der Waals surface area contributed by atoms with Crippen LogP contribution >= 0.6 is 47.1 Å². The second-order valence-electron chi connectivity index (χ2n) is 6.03. The van der Waals surface area contributed by atoms with Crippen LogP contribution < -0.4 is 10.6 Å². The average Bonchev–Trinajstić information content (AvgIpc) is 2.92. The molecule has 0 saturated carbocycles. The Morgan fingerprint density at radius 3 is 2.71 bits per heavy atom. The molecule has 0 atom stereocenters. The van der Waals surface area contributed by atoms with Crippen LogP contribution in [0.25, 0.3) is 0 Å². The van der Waals surface area contributed by atoms with E-state index in [1.54, 1.807) is 12.6 Å². The van der Waals surface area contributed by atoms with Gasteiger partial charge in [0.05, 0.1) is 11.2 Å². The van der Waals surface area contributed by atoms with E-state index in [0.29, 0.717) is 18.0 Å². The summed E-state index contributed by atoms with van der Waals surface area (Å²) in [6, 6.07) is 0. The Morgan fingerprint density at radius 2 is 2.12 bits per heavy atom. The molecule has 1 amide bonds. The number of halogens is 1. The zero-order valence-electron chi connectivity index (χ0n) is 14.6. The highest BCUT2D eigenvalue weighted by atomic mass is 127. The third-order valence-electron chi connectivity index (χ3n) is 3.58. The van der Waals surface area contributed by atoms with Crippen molar-refractivity contribution in [1.82, 2.24) is 20.5 Å². The van der Waals surface area contributed by atoms with Crippen molar-refractivity contribution in [2.75, 3.05) is 39.0 Å². The lowest BCUT2D eigenvalue weighted by molar-refractivity contribution is 0.0957. The van der Waals surface area contributed by atoms with E-state index in [1.807, 2.05) is 18.7 Å². The Hall–Kier alpha value is -0.550. The van der Waals surface area contributed by atoms with Crippen LogP contribution in [0.5, 0.6) is 0 Å². The van der Waals surface area contributed by atoms with E-state index < -0.39 is 0 Å². The third-order valence-corrected chi connectivity index (χ3v) is 5.81. The molecular weight excluding hydrogens is 457 g/mol. The molecule has 6 nitrogen and oxygen atoms in total. The molecule has 9 heteroatoms. The summed E-state index contributed by atoms with van der Waals surface area (Å²) in [5.74, 6) is 1.95. The van der Waals surface area contributed by atoms with Crippen LogP contribution in [0.2, 0.25) is 0 Å². The number of nitrogens with zero attached hydrogens (tertiary/aromatic N) is 3. The van der Waals surface area contributed by atoms with Crippen LogP contribution in [0.15, 0.2) is 10.5 Å². The van der Waals surface area contributed by atoms with Crippen LogP contribution in [0, 0.1) is 6.92 Å². The SMILES string of the molecule is CN=C(NCCNC(=O)c1scnc1C)N1CCSC(C)(C)C1.I. The van der Waals surface area contributed by atoms with Gasteiger partial charge in [0.1, 0.15) is 4.88 Å². The first-order valence-electron chi connectivity index (χ1n) is 7.71. The molecule has 2 N–H and O–H groups in total. The van der Waals surface area contributed by atoms with Crippen LogP contribution in [0.1, 0.15) is 29.2 Å². The summed E-state index contributed by atoms with van der Waals surface area (Å²) in [5, 5.41) is 6.25. The van der Waals surface area contributed by atoms with Gasteiger partial charge in [-0.2, -0.15) is 11.8 Å². The first-order valence-corrected chi connectivity index (χ1v) is 9.57. The predicted molar refractivity (Wildman–Crippen MR) is 114 cm³/mol. The number of aliphatic imine (C=N–C) groups is 1. The van der Waals surface area contributed by atoms with Gasteiger partial charge in [0, 0.05) is 43.7 Å². The number of carbonyl (C=O) groups is 1. The quantitative estimate of drug-likeness (QED) is 0.298. The van der Waals surface area contributed by atoms with Crippen molar-refractivity contribution in [1.29, 1.82) is 0 Å². The summed E-state index contributed by atoms with van der Waals surface area (Å²) in [5.41, 5.74) is 2.48. The minimum atomic E-state index is -0.0581. The minimum Gasteiger partial charge on any atom is -0.354 e. The van der Waals surface area contributed by atoms with Crippen LogP contribution in [0.3, 0.4) is 0 Å². The Morgan fingerprint density at radius 1 is 1.42 bits per heavy atom. The lowest BCUT2D eigenvalue weighted by Crippen LogP contribution is -2.51. The molecule has 0 aromatic carbocycles. The van der Waals surface area contributed by atoms with Gasteiger partial charge < -0.3 is 15.5 Å². The Bertz CT molecular complexity index is 576. The zero-order valence-corrected chi connectivity index (χ0v) is 18.6. The van der Waals surface area contributed by atoms with Crippen molar-refractivity contribution in [3.63, 3.8) is 0 Å². The molecule has 1 fully saturated rings. The van der Waals surface area contributed by atoms with Gasteiger partial charge in [-0.25, -0.2) is 4.98 Å². The molecule has 0 aliphatic carbocycles. The molecule has 2 heterocycles. The lowest BCUT2D eigenvalue weighted by atomic mass is 10.2. The molecule has 1 aliphatic heterocycles. The molecule has 24 heavy (non-hydrogen) atoms. The van der Waals surface area contributed by atoms with Gasteiger partial charge in [-0.05, 0) is 20.8 Å². The van der Waals surface area contributed by atoms with Crippen molar-refractivity contribution in [3.8, 4) is 0 Å². The molecule has 0 spiro atoms. The molecule has 1 aromatic rings. The smallest absolute Gasteiger partial charge is 0.263 e. The number of hydrogen-bond acceptors (Lipinski definition) is 5. The van der Waals surface area contributed by atoms with E-state index in [2.05, 4.69) is 39.4 Å². The van der Waals surface area contributed by atoms with Crippen molar-refractivity contribution >= 4 is 58.9 Å². The molecule has 0 radical (unpaired) electrons. The topological polar surface area (TPSA) is 69.6 Å². The maximum Gasteiger partial charge on any atom is 0.263 e. The molecular formula is C15H26IN5OS2. The van der Waals surface area contributed by atoms with E-state index in [4.69, 9.17) is 0 Å². The average molecular weight is 483 g/mol. The number of thiazole rings is 1. The first kappa shape index (κ1) is 21.5. The highest BCUT2D eigenvalue weighted by Gasteiger charge is 2.28. The lowest BCUT2D eigenvalue weighted by Gasteiger charge is -2.39. The predicted octanol–water partition coefficient (Wildman–Crippen LogP) is 2.20. The first-order chi connectivity index (χ1) is 10.9. The fraction of sp³-hybridized carbons (Fsp3) is 0.667. The largest absolute Gasteiger partial charge is 0.354 e. The number of guanidine groups is 1. The Balaban J connectivity index is 0.00000288. The van der Waals surface area contributed by atoms with Gasteiger partial charge in [0.15, 0.2) is 5.96 Å². The zero-order chi connectivity index (χ0) is 16.9. The molecule has 0 unspecified atom stereocenters. The maximum atomic E-state index is 12.0. The number of nitrogens with one attached hydrogen (secondary N) is 2. The number of aryl methyl sites for hydroxylation is 1. The normalized spacial score (nSPS) is 17.2. The van der Waals surface area contributed by atoms with Crippen LogP contribution in [0.4, 0.5) is 0 Å². The Kier molecular flexibility index (Phi) is 8.78. The van der Waals surface area contributed by atoms with E-state index in [0.717, 1.165) is 30.5 Å². The minimum absolute atomic E-state index is 0. The molecule has 0 bridgehead atoms. The number of carbonyl (C=O) groups excluding carboxylic acids is 1. The molecule has 136 valence electrons. The molecule has 1 aliphatic rings. The number of rotatable bonds is 4. The van der Waals surface area contributed by atoms with Crippen molar-refractivity contribution in [3.05, 3.63) is 16.1 Å². The number of amides is 1. The molecule has 1 aromatic heterocycles. The van der Waals surface area contributed by atoms with Crippen molar-refractivity contribution in [2.45, 2.75) is 25.5 Å². The fourth-order valence-corrected chi connectivity index (χ4v) is 4.31. The van der Waals surface area contributed by atoms with Gasteiger partial charge in [-0.3, -0.25) is 9.79 Å². The van der Waals surface area contributed by atoms with E-state index in [9.17, 15) is 4.79 Å². The summed E-state index contributed by atoms with van der Waals surface area (Å²) in [6.07, 6.45) is 0. The summed E-state index contributed by atoms with van der Waals surface area (Å²) >= 11 is 3.37. The second-order valence-corrected chi connectivity index (χ2v) is 8.68. The van der Waals surface area contributed by atoms with Gasteiger partial charge in [0.2, 0.25) is 0 Å². The molecule has 1 saturated heterocycles. The van der Waals surface area contributed by atoms with Crippen LogP contribution in [-0.4, -0.2) is 65.5 Å². The highest BCUT2D eigenvalue weighted by molar-refractivity contribution is 14.0. The van der Waals surface area contributed by atoms with Crippen molar-refractivity contribution < 1.29 is 4.79 Å². The van der Waals surface area contributed by atoms with Crippen molar-refractivity contribution in [2.24, 2.45) is 4.99 Å². The van der Waals surface area contributed by atoms with Crippen LogP contribution in [-0.2, 0) is 0 Å². The van der Waals surface area contributed by atoms with E-state index >= 15 is 0 Å². The third kappa shape index (κ3) is 6.07. The monoisotopic (exact) mass is 483 g/mol. The number of thioether (sulfide) groups is 1. The summed E-state index contributed by atoms with van der Waals surface area (Å²) in [7, 11) is 1.80. The van der Waals surface area contributed by atoms with E-state index in [1.165, 1.54) is 11.3 Å². The summed E-state index contributed by atoms with van der Waals surface area (Å²) in [4.78, 5) is 23.4. The highest BCUT2D eigenvalue weighted by Crippen LogP contribution is 2.29. The van der Waals surface area contributed by atoms with Gasteiger partial charge in [-0.15, -0.1) is 35.3 Å². The number of aromatic nitrogens is 1. The summed E-state index contributed by atoms with van der Waals surface area (Å²) in [6.45, 7) is 9.55. The maximum absolute atomic E-state index is 12.0. The Labute approximate surface area is 169 Å². The van der Waals surface area contributed by atoms with Gasteiger partial charge in [-0.1, -0.05) is 0 Å². The fourth-order valence-electron chi connectivity index (χ4n) is 2.48.